The van der Waals surface area contributed by atoms with Gasteiger partial charge in [0.05, 0.1) is 6.10 Å². The lowest BCUT2D eigenvalue weighted by atomic mass is 9.32. The van der Waals surface area contributed by atoms with E-state index in [1.807, 2.05) is 0 Å². The van der Waals surface area contributed by atoms with Crippen LogP contribution >= 0.6 is 0 Å². The second-order valence-electron chi connectivity index (χ2n) is 7.81. The van der Waals surface area contributed by atoms with Gasteiger partial charge in [-0.1, -0.05) is 13.8 Å². The van der Waals surface area contributed by atoms with E-state index in [0.29, 0.717) is 16.2 Å². The highest BCUT2D eigenvalue weighted by molar-refractivity contribution is 5.23. The standard InChI is InChI=1S/C15H24O/c1-13(2)9-11-10(13)3-5-15-8-7-14(11,15)6-4-12(15)16/h10-12,16H,3-9H2,1-2H3. The molecule has 1 heteroatoms. The van der Waals surface area contributed by atoms with Crippen molar-refractivity contribution in [2.24, 2.45) is 28.1 Å². The lowest BCUT2D eigenvalue weighted by molar-refractivity contribution is -0.251. The zero-order chi connectivity index (χ0) is 11.2. The molecule has 1 N–H and O–H groups in total. The summed E-state index contributed by atoms with van der Waals surface area (Å²) in [5.74, 6) is 1.95. The van der Waals surface area contributed by atoms with Gasteiger partial charge in [0, 0.05) is 5.41 Å². The molecule has 0 aromatic carbocycles. The van der Waals surface area contributed by atoms with Crippen LogP contribution in [0.4, 0.5) is 0 Å². The van der Waals surface area contributed by atoms with Crippen molar-refractivity contribution in [3.05, 3.63) is 0 Å². The summed E-state index contributed by atoms with van der Waals surface area (Å²) in [6, 6.07) is 0. The molecule has 0 spiro atoms. The van der Waals surface area contributed by atoms with E-state index < -0.39 is 0 Å². The molecule has 0 heterocycles. The number of fused-ring (bicyclic) bond motifs is 1. The summed E-state index contributed by atoms with van der Waals surface area (Å²) >= 11 is 0. The number of aliphatic hydroxyl groups excluding tert-OH is 1. The molecular formula is C15H24O. The molecule has 0 aromatic heterocycles. The SMILES string of the molecule is CC1(C)CC2C1CCC13CCC21CCC3O. The van der Waals surface area contributed by atoms with Gasteiger partial charge in [-0.05, 0) is 67.6 Å². The minimum atomic E-state index is 0.0471. The summed E-state index contributed by atoms with van der Waals surface area (Å²) < 4.78 is 0. The van der Waals surface area contributed by atoms with Gasteiger partial charge in [-0.2, -0.15) is 0 Å². The maximum Gasteiger partial charge on any atom is 0.0602 e. The van der Waals surface area contributed by atoms with Gasteiger partial charge < -0.3 is 5.11 Å². The summed E-state index contributed by atoms with van der Waals surface area (Å²) in [5, 5.41) is 10.4. The molecular weight excluding hydrogens is 196 g/mol. The molecule has 5 unspecified atom stereocenters. The average Bonchev–Trinajstić information content (AvgIpc) is 2.39. The molecule has 4 saturated carbocycles. The zero-order valence-corrected chi connectivity index (χ0v) is 10.6. The third kappa shape index (κ3) is 0.776. The predicted octanol–water partition coefficient (Wildman–Crippen LogP) is 3.36. The monoisotopic (exact) mass is 220 g/mol. The van der Waals surface area contributed by atoms with Crippen LogP contribution in [0.3, 0.4) is 0 Å². The highest BCUT2D eigenvalue weighted by atomic mass is 16.3. The first-order valence-corrected chi connectivity index (χ1v) is 7.20. The minimum absolute atomic E-state index is 0.0471. The molecule has 4 aliphatic rings. The van der Waals surface area contributed by atoms with Crippen LogP contribution in [0.5, 0.6) is 0 Å². The smallest absolute Gasteiger partial charge is 0.0602 e. The van der Waals surface area contributed by atoms with Crippen molar-refractivity contribution in [1.82, 2.24) is 0 Å². The highest BCUT2D eigenvalue weighted by Gasteiger charge is 2.74. The van der Waals surface area contributed by atoms with E-state index in [4.69, 9.17) is 0 Å². The molecule has 0 saturated heterocycles. The Labute approximate surface area is 98.6 Å². The molecule has 1 nitrogen and oxygen atoms in total. The molecule has 0 aromatic rings. The molecule has 90 valence electrons. The highest BCUT2D eigenvalue weighted by Crippen LogP contribution is 2.80. The Kier molecular flexibility index (Phi) is 1.57. The molecule has 4 aliphatic carbocycles. The van der Waals surface area contributed by atoms with Gasteiger partial charge in [0.15, 0.2) is 0 Å². The summed E-state index contributed by atoms with van der Waals surface area (Å²) in [7, 11) is 0. The van der Waals surface area contributed by atoms with Gasteiger partial charge in [0.2, 0.25) is 0 Å². The Morgan fingerprint density at radius 2 is 1.56 bits per heavy atom. The Balaban J connectivity index is 1.73. The molecule has 0 amide bonds. The predicted molar refractivity (Wildman–Crippen MR) is 64.0 cm³/mol. The minimum Gasteiger partial charge on any atom is -0.393 e. The van der Waals surface area contributed by atoms with Crippen LogP contribution < -0.4 is 0 Å². The molecule has 4 fully saturated rings. The number of rotatable bonds is 0. The van der Waals surface area contributed by atoms with E-state index in [1.165, 1.54) is 38.5 Å². The van der Waals surface area contributed by atoms with Crippen molar-refractivity contribution in [1.29, 1.82) is 0 Å². The normalized spacial score (nSPS) is 61.3. The molecule has 16 heavy (non-hydrogen) atoms. The number of hydrogen-bond donors (Lipinski definition) is 1. The van der Waals surface area contributed by atoms with Gasteiger partial charge in [0.25, 0.3) is 0 Å². The first kappa shape index (κ1) is 9.94. The van der Waals surface area contributed by atoms with Crippen molar-refractivity contribution >= 4 is 0 Å². The molecule has 0 radical (unpaired) electrons. The van der Waals surface area contributed by atoms with Gasteiger partial charge in [-0.25, -0.2) is 0 Å². The first-order chi connectivity index (χ1) is 7.52. The van der Waals surface area contributed by atoms with Gasteiger partial charge in [0.1, 0.15) is 0 Å². The fourth-order valence-corrected chi connectivity index (χ4v) is 6.42. The molecule has 0 aliphatic heterocycles. The van der Waals surface area contributed by atoms with Crippen molar-refractivity contribution < 1.29 is 5.11 Å². The lowest BCUT2D eigenvalue weighted by Crippen LogP contribution is -2.66. The van der Waals surface area contributed by atoms with Crippen LogP contribution in [0.2, 0.25) is 0 Å². The topological polar surface area (TPSA) is 20.2 Å². The van der Waals surface area contributed by atoms with Crippen molar-refractivity contribution in [3.63, 3.8) is 0 Å². The van der Waals surface area contributed by atoms with Crippen LogP contribution in [0.25, 0.3) is 0 Å². The van der Waals surface area contributed by atoms with E-state index in [2.05, 4.69) is 13.8 Å². The largest absolute Gasteiger partial charge is 0.393 e. The van der Waals surface area contributed by atoms with Gasteiger partial charge in [-0.3, -0.25) is 0 Å². The maximum atomic E-state index is 10.4. The van der Waals surface area contributed by atoms with Crippen LogP contribution in [0.15, 0.2) is 0 Å². The Hall–Kier alpha value is -0.0400. The third-order valence-electron chi connectivity index (χ3n) is 7.36. The van der Waals surface area contributed by atoms with E-state index in [1.54, 1.807) is 0 Å². The maximum absolute atomic E-state index is 10.4. The van der Waals surface area contributed by atoms with Gasteiger partial charge >= 0.3 is 0 Å². The average molecular weight is 220 g/mol. The molecule has 0 bridgehead atoms. The first-order valence-electron chi connectivity index (χ1n) is 7.20. The summed E-state index contributed by atoms with van der Waals surface area (Å²) in [6.45, 7) is 4.92. The van der Waals surface area contributed by atoms with Crippen LogP contribution in [-0.4, -0.2) is 11.2 Å². The van der Waals surface area contributed by atoms with Crippen molar-refractivity contribution in [3.8, 4) is 0 Å². The third-order valence-corrected chi connectivity index (χ3v) is 7.36. The van der Waals surface area contributed by atoms with E-state index >= 15 is 0 Å². The Morgan fingerprint density at radius 1 is 0.875 bits per heavy atom. The zero-order valence-electron chi connectivity index (χ0n) is 10.6. The molecule has 4 rings (SSSR count). The van der Waals surface area contributed by atoms with E-state index in [9.17, 15) is 5.11 Å². The van der Waals surface area contributed by atoms with Crippen LogP contribution in [0.1, 0.15) is 58.8 Å². The second-order valence-corrected chi connectivity index (χ2v) is 7.81. The summed E-state index contributed by atoms with van der Waals surface area (Å²) in [4.78, 5) is 0. The number of aliphatic hydroxyl groups is 1. The molecule has 5 atom stereocenters. The van der Waals surface area contributed by atoms with E-state index in [0.717, 1.165) is 18.3 Å². The fraction of sp³-hybridized carbons (Fsp3) is 1.00. The number of hydrogen-bond acceptors (Lipinski definition) is 1. The fourth-order valence-electron chi connectivity index (χ4n) is 6.42. The summed E-state index contributed by atoms with van der Waals surface area (Å²) in [6.07, 6.45) is 9.42. The van der Waals surface area contributed by atoms with Crippen molar-refractivity contribution in [2.45, 2.75) is 64.9 Å². The van der Waals surface area contributed by atoms with Gasteiger partial charge in [-0.15, -0.1) is 0 Å². The summed E-state index contributed by atoms with van der Waals surface area (Å²) in [5.41, 5.74) is 1.60. The van der Waals surface area contributed by atoms with Crippen LogP contribution in [-0.2, 0) is 0 Å². The Bertz CT molecular complexity index is 347. The van der Waals surface area contributed by atoms with Crippen LogP contribution in [0, 0.1) is 28.1 Å². The second kappa shape index (κ2) is 2.53. The van der Waals surface area contributed by atoms with Crippen molar-refractivity contribution in [2.75, 3.05) is 0 Å². The lowest BCUT2D eigenvalue weighted by Gasteiger charge is -2.72. The van der Waals surface area contributed by atoms with E-state index in [-0.39, 0.29) is 6.10 Å². The Morgan fingerprint density at radius 3 is 2.19 bits per heavy atom. The quantitative estimate of drug-likeness (QED) is 0.663.